The van der Waals surface area contributed by atoms with Gasteiger partial charge in [-0.25, -0.2) is 8.42 Å². The van der Waals surface area contributed by atoms with Crippen LogP contribution in [0.15, 0.2) is 40.2 Å². The van der Waals surface area contributed by atoms with Gasteiger partial charge in [-0.3, -0.25) is 9.89 Å². The molecule has 0 aromatic heterocycles. The van der Waals surface area contributed by atoms with Crippen LogP contribution >= 0.6 is 24.0 Å². The van der Waals surface area contributed by atoms with Crippen LogP contribution in [0.4, 0.5) is 0 Å². The van der Waals surface area contributed by atoms with Crippen molar-refractivity contribution in [3.05, 3.63) is 30.3 Å². The van der Waals surface area contributed by atoms with E-state index in [0.29, 0.717) is 23.4 Å². The third-order valence-electron chi connectivity index (χ3n) is 4.90. The van der Waals surface area contributed by atoms with E-state index in [-0.39, 0.29) is 29.7 Å². The van der Waals surface area contributed by atoms with Crippen LogP contribution in [0.25, 0.3) is 0 Å². The summed E-state index contributed by atoms with van der Waals surface area (Å²) < 4.78 is 24.6. The Morgan fingerprint density at radius 3 is 2.56 bits per heavy atom. The Kier molecular flexibility index (Phi) is 11.2. The van der Waals surface area contributed by atoms with Crippen molar-refractivity contribution in [2.75, 3.05) is 39.0 Å². The number of rotatable bonds is 8. The second-order valence-corrected chi connectivity index (χ2v) is 8.76. The van der Waals surface area contributed by atoms with E-state index in [1.165, 1.54) is 32.2 Å². The van der Waals surface area contributed by atoms with Crippen molar-refractivity contribution in [3.8, 4) is 0 Å². The zero-order valence-electron chi connectivity index (χ0n) is 16.4. The predicted molar refractivity (Wildman–Crippen MR) is 123 cm³/mol. The predicted octanol–water partition coefficient (Wildman–Crippen LogP) is 2.51. The van der Waals surface area contributed by atoms with E-state index in [2.05, 4.69) is 27.4 Å². The Labute approximate surface area is 181 Å². The largest absolute Gasteiger partial charge is 0.355 e. The average molecular weight is 508 g/mol. The van der Waals surface area contributed by atoms with Crippen LogP contribution in [0.3, 0.4) is 0 Å². The molecule has 1 fully saturated rings. The highest BCUT2D eigenvalue weighted by Crippen LogP contribution is 2.18. The number of benzene rings is 1. The minimum atomic E-state index is -3.27. The second kappa shape index (κ2) is 12.6. The molecule has 0 radical (unpaired) electrons. The number of sulfone groups is 1. The molecule has 1 aliphatic rings. The van der Waals surface area contributed by atoms with Crippen molar-refractivity contribution in [2.45, 2.75) is 43.5 Å². The van der Waals surface area contributed by atoms with E-state index in [1.54, 1.807) is 31.3 Å². The monoisotopic (exact) mass is 508 g/mol. The van der Waals surface area contributed by atoms with Crippen LogP contribution in [0.2, 0.25) is 0 Å². The standard InChI is InChI=1S/C19H32N4O2S.HI/c1-3-17-9-7-8-14-23(17)15-12-21-19(20-2)22-13-16-26(24,25)18-10-5-4-6-11-18;/h4-6,10-11,17H,3,7-9,12-16H2,1-2H3,(H2,20,21,22);1H. The zero-order chi connectivity index (χ0) is 18.8. The lowest BCUT2D eigenvalue weighted by Crippen LogP contribution is -2.46. The van der Waals surface area contributed by atoms with Crippen LogP contribution in [0.1, 0.15) is 32.6 Å². The van der Waals surface area contributed by atoms with Crippen LogP contribution < -0.4 is 10.6 Å². The van der Waals surface area contributed by atoms with E-state index < -0.39 is 9.84 Å². The lowest BCUT2D eigenvalue weighted by Gasteiger charge is -2.35. The molecular formula is C19H33IN4O2S. The summed E-state index contributed by atoms with van der Waals surface area (Å²) in [6.07, 6.45) is 5.10. The van der Waals surface area contributed by atoms with Crippen molar-refractivity contribution in [1.82, 2.24) is 15.5 Å². The highest BCUT2D eigenvalue weighted by molar-refractivity contribution is 14.0. The van der Waals surface area contributed by atoms with Gasteiger partial charge in [-0.05, 0) is 37.9 Å². The molecule has 1 aromatic carbocycles. The molecule has 0 bridgehead atoms. The highest BCUT2D eigenvalue weighted by Gasteiger charge is 2.20. The first-order valence-corrected chi connectivity index (χ1v) is 11.2. The SMILES string of the molecule is CCC1CCCCN1CCNC(=NC)NCCS(=O)(=O)c1ccccc1.I. The Hall–Kier alpha value is -0.870. The molecule has 154 valence electrons. The van der Waals surface area contributed by atoms with Crippen molar-refractivity contribution in [3.63, 3.8) is 0 Å². The Bertz CT molecular complexity index is 668. The maximum Gasteiger partial charge on any atom is 0.191 e. The number of hydrogen-bond acceptors (Lipinski definition) is 4. The molecule has 2 N–H and O–H groups in total. The average Bonchev–Trinajstić information content (AvgIpc) is 2.67. The summed E-state index contributed by atoms with van der Waals surface area (Å²) in [7, 11) is -1.56. The quantitative estimate of drug-likeness (QED) is 0.321. The van der Waals surface area contributed by atoms with E-state index in [0.717, 1.165) is 13.1 Å². The Balaban J connectivity index is 0.00000364. The van der Waals surface area contributed by atoms with Gasteiger partial charge in [0.05, 0.1) is 10.6 Å². The first-order chi connectivity index (χ1) is 12.6. The van der Waals surface area contributed by atoms with Crippen LogP contribution in [-0.2, 0) is 9.84 Å². The second-order valence-electron chi connectivity index (χ2n) is 6.65. The number of hydrogen-bond donors (Lipinski definition) is 2. The summed E-state index contributed by atoms with van der Waals surface area (Å²) in [5.41, 5.74) is 0. The van der Waals surface area contributed by atoms with Gasteiger partial charge in [0.1, 0.15) is 0 Å². The molecule has 0 amide bonds. The number of nitrogens with zero attached hydrogens (tertiary/aromatic N) is 2. The topological polar surface area (TPSA) is 73.8 Å². The molecule has 0 saturated carbocycles. The number of aliphatic imine (C=N–C) groups is 1. The molecule has 8 heteroatoms. The van der Waals surface area contributed by atoms with Crippen molar-refractivity contribution in [2.24, 2.45) is 4.99 Å². The fraction of sp³-hybridized carbons (Fsp3) is 0.632. The van der Waals surface area contributed by atoms with Crippen molar-refractivity contribution >= 4 is 39.8 Å². The molecule has 1 saturated heterocycles. The maximum absolute atomic E-state index is 12.3. The minimum absolute atomic E-state index is 0. The molecule has 27 heavy (non-hydrogen) atoms. The van der Waals surface area contributed by atoms with Gasteiger partial charge in [-0.2, -0.15) is 0 Å². The van der Waals surface area contributed by atoms with Gasteiger partial charge in [-0.1, -0.05) is 31.5 Å². The lowest BCUT2D eigenvalue weighted by atomic mass is 10.0. The van der Waals surface area contributed by atoms with Crippen molar-refractivity contribution in [1.29, 1.82) is 0 Å². The molecule has 1 aromatic rings. The third-order valence-corrected chi connectivity index (χ3v) is 6.63. The zero-order valence-corrected chi connectivity index (χ0v) is 19.5. The van der Waals surface area contributed by atoms with Crippen LogP contribution in [0.5, 0.6) is 0 Å². The summed E-state index contributed by atoms with van der Waals surface area (Å²) in [4.78, 5) is 7.09. The molecule has 1 heterocycles. The van der Waals surface area contributed by atoms with E-state index >= 15 is 0 Å². The van der Waals surface area contributed by atoms with Gasteiger partial charge in [0.2, 0.25) is 0 Å². The van der Waals surface area contributed by atoms with Crippen LogP contribution in [-0.4, -0.2) is 64.3 Å². The number of piperidine rings is 1. The summed E-state index contributed by atoms with van der Waals surface area (Å²) in [5.74, 6) is 0.695. The molecule has 0 aliphatic carbocycles. The van der Waals surface area contributed by atoms with Gasteiger partial charge in [0.25, 0.3) is 0 Å². The lowest BCUT2D eigenvalue weighted by molar-refractivity contribution is 0.147. The Morgan fingerprint density at radius 1 is 1.19 bits per heavy atom. The molecule has 0 spiro atoms. The molecule has 1 atom stereocenters. The normalized spacial score (nSPS) is 18.6. The number of guanidine groups is 1. The first kappa shape index (κ1) is 24.2. The molecule has 1 aliphatic heterocycles. The maximum atomic E-state index is 12.3. The van der Waals surface area contributed by atoms with Crippen molar-refractivity contribution < 1.29 is 8.42 Å². The van der Waals surface area contributed by atoms with Gasteiger partial charge >= 0.3 is 0 Å². The molecule has 2 rings (SSSR count). The minimum Gasteiger partial charge on any atom is -0.355 e. The first-order valence-electron chi connectivity index (χ1n) is 9.53. The van der Waals surface area contributed by atoms with Gasteiger partial charge in [-0.15, -0.1) is 24.0 Å². The smallest absolute Gasteiger partial charge is 0.191 e. The van der Waals surface area contributed by atoms with Gasteiger partial charge in [0, 0.05) is 32.7 Å². The number of nitrogens with one attached hydrogen (secondary N) is 2. The summed E-state index contributed by atoms with van der Waals surface area (Å²) in [6, 6.07) is 9.25. The summed E-state index contributed by atoms with van der Waals surface area (Å²) in [5, 5.41) is 6.39. The third kappa shape index (κ3) is 7.95. The molecule has 1 unspecified atom stereocenters. The molecular weight excluding hydrogens is 475 g/mol. The van der Waals surface area contributed by atoms with Gasteiger partial charge < -0.3 is 10.6 Å². The highest BCUT2D eigenvalue weighted by atomic mass is 127. The van der Waals surface area contributed by atoms with Crippen LogP contribution in [0, 0.1) is 0 Å². The fourth-order valence-corrected chi connectivity index (χ4v) is 4.58. The van der Waals surface area contributed by atoms with E-state index in [9.17, 15) is 8.42 Å². The van der Waals surface area contributed by atoms with E-state index in [4.69, 9.17) is 0 Å². The van der Waals surface area contributed by atoms with E-state index in [1.807, 2.05) is 6.07 Å². The molecule has 6 nitrogen and oxygen atoms in total. The number of likely N-dealkylation sites (tertiary alicyclic amines) is 1. The number of halogens is 1. The Morgan fingerprint density at radius 2 is 1.89 bits per heavy atom. The summed E-state index contributed by atoms with van der Waals surface area (Å²) >= 11 is 0. The summed E-state index contributed by atoms with van der Waals surface area (Å²) in [6.45, 7) is 5.55. The van der Waals surface area contributed by atoms with Gasteiger partial charge in [0.15, 0.2) is 15.8 Å². The fourth-order valence-electron chi connectivity index (χ4n) is 3.40.